The lowest BCUT2D eigenvalue weighted by molar-refractivity contribution is -0.150. The first kappa shape index (κ1) is 34.7. The van der Waals surface area contributed by atoms with Crippen LogP contribution < -0.4 is 0 Å². The topological polar surface area (TPSA) is 85.2 Å². The maximum atomic E-state index is 12.4. The molecule has 2 atom stereocenters. The molecule has 0 aliphatic rings. The van der Waals surface area contributed by atoms with Crippen LogP contribution in [0.25, 0.3) is 0 Å². The van der Waals surface area contributed by atoms with Gasteiger partial charge in [0.25, 0.3) is 0 Å². The lowest BCUT2D eigenvalue weighted by atomic mass is 10.1. The molecule has 0 aliphatic heterocycles. The molecular weight excluding hydrogens is 463 g/mol. The van der Waals surface area contributed by atoms with Gasteiger partial charge in [0, 0.05) is 18.8 Å². The van der Waals surface area contributed by atoms with Gasteiger partial charge in [-0.2, -0.15) is 0 Å². The highest BCUT2D eigenvalue weighted by Gasteiger charge is 2.16. The average Bonchev–Trinajstić information content (AvgIpc) is 2.83. The van der Waals surface area contributed by atoms with Crippen LogP contribution in [-0.4, -0.2) is 41.7 Å². The summed E-state index contributed by atoms with van der Waals surface area (Å²) in [6.45, 7) is 7.91. The standard InChI is InChI=1S/C28H57O6P/c1-4-7-9-11-12-13-14-16-18-21-28(29)34-27(20-17-15-10-8-5-2)22-23-32-24-26(19-6-3)25-33-35(30)31/h26-27,30-31H,4-25H2,1-3H3. The Hall–Kier alpha value is -0.260. The van der Waals surface area contributed by atoms with E-state index in [0.29, 0.717) is 32.7 Å². The fourth-order valence-corrected chi connectivity index (χ4v) is 4.67. The van der Waals surface area contributed by atoms with Gasteiger partial charge in [-0.1, -0.05) is 104 Å². The van der Waals surface area contributed by atoms with Crippen molar-refractivity contribution in [3.8, 4) is 0 Å². The van der Waals surface area contributed by atoms with Gasteiger partial charge in [0.05, 0.1) is 19.8 Å². The van der Waals surface area contributed by atoms with Gasteiger partial charge in [0.15, 0.2) is 0 Å². The van der Waals surface area contributed by atoms with E-state index in [1.807, 2.05) is 0 Å². The molecule has 0 rings (SSSR count). The Morgan fingerprint density at radius 3 is 1.83 bits per heavy atom. The number of rotatable bonds is 27. The zero-order chi connectivity index (χ0) is 26.0. The van der Waals surface area contributed by atoms with Crippen molar-refractivity contribution in [3.05, 3.63) is 0 Å². The van der Waals surface area contributed by atoms with E-state index in [2.05, 4.69) is 20.8 Å². The summed E-state index contributed by atoms with van der Waals surface area (Å²) >= 11 is 0. The molecule has 0 aliphatic carbocycles. The molecule has 0 bridgehead atoms. The summed E-state index contributed by atoms with van der Waals surface area (Å²) in [5.41, 5.74) is 0. The second kappa shape index (κ2) is 26.8. The number of hydrogen-bond donors (Lipinski definition) is 2. The van der Waals surface area contributed by atoms with E-state index in [1.54, 1.807) is 0 Å². The number of ether oxygens (including phenoxy) is 2. The normalized spacial score (nSPS) is 13.3. The molecule has 0 aromatic rings. The Bertz CT molecular complexity index is 449. The van der Waals surface area contributed by atoms with Gasteiger partial charge >= 0.3 is 14.6 Å². The fourth-order valence-electron chi connectivity index (χ4n) is 4.32. The van der Waals surface area contributed by atoms with Crippen LogP contribution in [-0.2, 0) is 18.8 Å². The molecule has 0 amide bonds. The van der Waals surface area contributed by atoms with Crippen LogP contribution in [0.4, 0.5) is 0 Å². The molecule has 0 radical (unpaired) electrons. The summed E-state index contributed by atoms with van der Waals surface area (Å²) in [6, 6.07) is 0. The summed E-state index contributed by atoms with van der Waals surface area (Å²) < 4.78 is 16.7. The van der Waals surface area contributed by atoms with E-state index in [0.717, 1.165) is 38.5 Å². The third-order valence-electron chi connectivity index (χ3n) is 6.47. The van der Waals surface area contributed by atoms with Crippen LogP contribution >= 0.6 is 8.60 Å². The molecule has 35 heavy (non-hydrogen) atoms. The summed E-state index contributed by atoms with van der Waals surface area (Å²) in [5.74, 6) is 0.0778. The second-order valence-electron chi connectivity index (χ2n) is 9.96. The van der Waals surface area contributed by atoms with E-state index in [1.165, 1.54) is 70.6 Å². The molecular formula is C28H57O6P. The average molecular weight is 521 g/mol. The van der Waals surface area contributed by atoms with Crippen LogP contribution in [0.2, 0.25) is 0 Å². The van der Waals surface area contributed by atoms with Crippen molar-refractivity contribution in [3.63, 3.8) is 0 Å². The first-order chi connectivity index (χ1) is 17.0. The van der Waals surface area contributed by atoms with Gasteiger partial charge < -0.3 is 23.8 Å². The molecule has 2 N–H and O–H groups in total. The van der Waals surface area contributed by atoms with Crippen molar-refractivity contribution < 1.29 is 28.6 Å². The van der Waals surface area contributed by atoms with Crippen LogP contribution in [0.15, 0.2) is 0 Å². The minimum Gasteiger partial charge on any atom is -0.462 e. The summed E-state index contributed by atoms with van der Waals surface area (Å²) in [7, 11) is -2.32. The fraction of sp³-hybridized carbons (Fsp3) is 0.964. The largest absolute Gasteiger partial charge is 0.462 e. The number of hydrogen-bond acceptors (Lipinski definition) is 6. The smallest absolute Gasteiger partial charge is 0.327 e. The summed E-state index contributed by atoms with van der Waals surface area (Å²) in [6.07, 6.45) is 21.1. The zero-order valence-corrected chi connectivity index (χ0v) is 24.1. The predicted octanol–water partition coefficient (Wildman–Crippen LogP) is 8.23. The van der Waals surface area contributed by atoms with Crippen LogP contribution in [0.5, 0.6) is 0 Å². The van der Waals surface area contributed by atoms with Crippen molar-refractivity contribution >= 4 is 14.6 Å². The summed E-state index contributed by atoms with van der Waals surface area (Å²) in [5, 5.41) is 0. The third-order valence-corrected chi connectivity index (χ3v) is 6.85. The Labute approximate surface area is 217 Å². The number of carbonyl (C=O) groups excluding carboxylic acids is 1. The molecule has 0 heterocycles. The minimum atomic E-state index is -2.32. The van der Waals surface area contributed by atoms with E-state index < -0.39 is 8.60 Å². The van der Waals surface area contributed by atoms with Crippen LogP contribution in [0.1, 0.15) is 143 Å². The van der Waals surface area contributed by atoms with E-state index >= 15 is 0 Å². The molecule has 0 spiro atoms. The van der Waals surface area contributed by atoms with Gasteiger partial charge in [-0.3, -0.25) is 4.79 Å². The first-order valence-electron chi connectivity index (χ1n) is 14.6. The monoisotopic (exact) mass is 520 g/mol. The van der Waals surface area contributed by atoms with Gasteiger partial charge in [-0.05, 0) is 25.7 Å². The number of esters is 1. The van der Waals surface area contributed by atoms with Crippen molar-refractivity contribution in [1.82, 2.24) is 0 Å². The maximum Gasteiger partial charge on any atom is 0.327 e. The highest BCUT2D eigenvalue weighted by atomic mass is 31.2. The molecule has 6 nitrogen and oxygen atoms in total. The lowest BCUT2D eigenvalue weighted by Crippen LogP contribution is -2.22. The zero-order valence-electron chi connectivity index (χ0n) is 23.2. The number of carbonyl (C=O) groups is 1. The van der Waals surface area contributed by atoms with Gasteiger partial charge in [-0.15, -0.1) is 0 Å². The molecule has 7 heteroatoms. The molecule has 0 aromatic carbocycles. The van der Waals surface area contributed by atoms with Crippen LogP contribution in [0, 0.1) is 5.92 Å². The lowest BCUT2D eigenvalue weighted by Gasteiger charge is -2.20. The first-order valence-corrected chi connectivity index (χ1v) is 15.8. The molecule has 0 saturated heterocycles. The Balaban J connectivity index is 4.22. The SMILES string of the molecule is CCCCCCCCCCCC(=O)OC(CCCCCCC)CCOCC(CCC)COP(O)O. The van der Waals surface area contributed by atoms with E-state index in [-0.39, 0.29) is 18.0 Å². The van der Waals surface area contributed by atoms with E-state index in [4.69, 9.17) is 23.8 Å². The van der Waals surface area contributed by atoms with Crippen molar-refractivity contribution in [1.29, 1.82) is 0 Å². The second-order valence-corrected chi connectivity index (χ2v) is 10.7. The van der Waals surface area contributed by atoms with Gasteiger partial charge in [-0.25, -0.2) is 0 Å². The van der Waals surface area contributed by atoms with Crippen molar-refractivity contribution in [2.75, 3.05) is 19.8 Å². The molecule has 210 valence electrons. The van der Waals surface area contributed by atoms with Crippen molar-refractivity contribution in [2.24, 2.45) is 5.92 Å². The molecule has 2 unspecified atom stereocenters. The third kappa shape index (κ3) is 25.2. The molecule has 0 saturated carbocycles. The quantitative estimate of drug-likeness (QED) is 0.0644. The highest BCUT2D eigenvalue weighted by molar-refractivity contribution is 7.39. The van der Waals surface area contributed by atoms with Crippen LogP contribution in [0.3, 0.4) is 0 Å². The van der Waals surface area contributed by atoms with Gasteiger partial charge in [0.2, 0.25) is 0 Å². The van der Waals surface area contributed by atoms with E-state index in [9.17, 15) is 4.79 Å². The number of unbranched alkanes of at least 4 members (excludes halogenated alkanes) is 12. The Morgan fingerprint density at radius 2 is 1.26 bits per heavy atom. The van der Waals surface area contributed by atoms with Gasteiger partial charge in [0.1, 0.15) is 6.10 Å². The summed E-state index contributed by atoms with van der Waals surface area (Å²) in [4.78, 5) is 30.4. The minimum absolute atomic E-state index is 0.0667. The Morgan fingerprint density at radius 1 is 0.686 bits per heavy atom. The van der Waals surface area contributed by atoms with Crippen molar-refractivity contribution in [2.45, 2.75) is 149 Å². The molecule has 0 aromatic heterocycles. The highest BCUT2D eigenvalue weighted by Crippen LogP contribution is 2.26. The molecule has 0 fully saturated rings. The predicted molar refractivity (Wildman–Crippen MR) is 146 cm³/mol. The maximum absolute atomic E-state index is 12.4. The Kier molecular flexibility index (Phi) is 26.6.